The first-order valence-electron chi connectivity index (χ1n) is 5.36. The highest BCUT2D eigenvalue weighted by molar-refractivity contribution is 7.89. The Morgan fingerprint density at radius 2 is 2.06 bits per heavy atom. The zero-order chi connectivity index (χ0) is 14.0. The van der Waals surface area contributed by atoms with Gasteiger partial charge in [0.05, 0.1) is 18.8 Å². The Balaban J connectivity index is 3.10. The number of aryl methyl sites for hydroxylation is 1. The first kappa shape index (κ1) is 14.9. The van der Waals surface area contributed by atoms with Gasteiger partial charge in [0.2, 0.25) is 10.0 Å². The molecule has 0 aliphatic heterocycles. The molecule has 0 aromatic carbocycles. The van der Waals surface area contributed by atoms with Crippen molar-refractivity contribution in [3.05, 3.63) is 6.20 Å². The summed E-state index contributed by atoms with van der Waals surface area (Å²) in [6, 6.07) is 0. The fraction of sp³-hybridized carbons (Fsp3) is 0.667. The molecule has 1 aromatic heterocycles. The van der Waals surface area contributed by atoms with Gasteiger partial charge in [0.1, 0.15) is 4.90 Å². The van der Waals surface area contributed by atoms with Gasteiger partial charge in [-0.15, -0.1) is 0 Å². The van der Waals surface area contributed by atoms with E-state index in [-0.39, 0.29) is 10.7 Å². The van der Waals surface area contributed by atoms with Crippen molar-refractivity contribution in [2.75, 3.05) is 18.9 Å². The van der Waals surface area contributed by atoms with E-state index in [0.29, 0.717) is 6.54 Å². The van der Waals surface area contributed by atoms with Gasteiger partial charge < -0.3 is 15.9 Å². The van der Waals surface area contributed by atoms with Crippen LogP contribution in [0.3, 0.4) is 0 Å². The lowest BCUT2D eigenvalue weighted by Gasteiger charge is -2.25. The molecule has 0 amide bonds. The zero-order valence-corrected chi connectivity index (χ0v) is 11.1. The van der Waals surface area contributed by atoms with Crippen molar-refractivity contribution >= 4 is 15.8 Å². The van der Waals surface area contributed by atoms with Gasteiger partial charge in [-0.25, -0.2) is 13.1 Å². The topological polar surface area (TPSA) is 130 Å². The van der Waals surface area contributed by atoms with E-state index in [4.69, 9.17) is 15.9 Å². The van der Waals surface area contributed by atoms with E-state index in [1.54, 1.807) is 6.92 Å². The fourth-order valence-corrected chi connectivity index (χ4v) is 2.75. The van der Waals surface area contributed by atoms with Crippen LogP contribution < -0.4 is 10.5 Å². The monoisotopic (exact) mass is 278 g/mol. The van der Waals surface area contributed by atoms with Gasteiger partial charge in [-0.05, 0) is 13.8 Å². The molecule has 1 aromatic rings. The molecule has 0 saturated carbocycles. The molecule has 0 aliphatic rings. The Bertz CT molecular complexity index is 507. The molecule has 0 fully saturated rings. The number of nitrogens with zero attached hydrogens (tertiary/aromatic N) is 2. The molecule has 5 N–H and O–H groups in total. The molecule has 9 heteroatoms. The van der Waals surface area contributed by atoms with E-state index in [1.165, 1.54) is 17.8 Å². The number of hydrogen-bond acceptors (Lipinski definition) is 6. The summed E-state index contributed by atoms with van der Waals surface area (Å²) in [5.74, 6) is -0.123. The van der Waals surface area contributed by atoms with Crippen molar-refractivity contribution in [2.24, 2.45) is 0 Å². The molecule has 0 aliphatic carbocycles. The summed E-state index contributed by atoms with van der Waals surface area (Å²) < 4.78 is 27.7. The minimum Gasteiger partial charge on any atom is -0.394 e. The molecule has 1 rings (SSSR count). The predicted octanol–water partition coefficient (Wildman–Crippen LogP) is -1.49. The smallest absolute Gasteiger partial charge is 0.246 e. The number of hydrogen-bond donors (Lipinski definition) is 4. The van der Waals surface area contributed by atoms with Crippen LogP contribution in [0.5, 0.6) is 0 Å². The van der Waals surface area contributed by atoms with Crippen molar-refractivity contribution in [1.29, 1.82) is 0 Å². The molecule has 8 nitrogen and oxygen atoms in total. The van der Waals surface area contributed by atoms with Gasteiger partial charge in [0, 0.05) is 12.7 Å². The lowest BCUT2D eigenvalue weighted by molar-refractivity contribution is 0.122. The van der Waals surface area contributed by atoms with Crippen LogP contribution in [-0.4, -0.2) is 47.2 Å². The third-order valence-electron chi connectivity index (χ3n) is 2.45. The zero-order valence-electron chi connectivity index (χ0n) is 10.3. The second-order valence-electron chi connectivity index (χ2n) is 4.22. The molecular weight excluding hydrogens is 260 g/mol. The number of anilines is 1. The Kier molecular flexibility index (Phi) is 4.32. The molecule has 1 heterocycles. The Hall–Kier alpha value is -1.16. The summed E-state index contributed by atoms with van der Waals surface area (Å²) in [6.07, 6.45) is 1.30. The first-order chi connectivity index (χ1) is 8.28. The van der Waals surface area contributed by atoms with Crippen LogP contribution in [0.15, 0.2) is 11.1 Å². The Morgan fingerprint density at radius 3 is 2.44 bits per heavy atom. The minimum atomic E-state index is -3.94. The van der Waals surface area contributed by atoms with E-state index in [0.717, 1.165) is 0 Å². The maximum Gasteiger partial charge on any atom is 0.246 e. The highest BCUT2D eigenvalue weighted by Gasteiger charge is 2.31. The maximum absolute atomic E-state index is 12.0. The first-order valence-corrected chi connectivity index (χ1v) is 6.85. The van der Waals surface area contributed by atoms with Crippen LogP contribution in [0, 0.1) is 0 Å². The second-order valence-corrected chi connectivity index (χ2v) is 5.87. The lowest BCUT2D eigenvalue weighted by Crippen LogP contribution is -2.51. The summed E-state index contributed by atoms with van der Waals surface area (Å²) in [5, 5.41) is 22.0. The van der Waals surface area contributed by atoms with Crippen molar-refractivity contribution < 1.29 is 18.6 Å². The largest absolute Gasteiger partial charge is 0.394 e. The van der Waals surface area contributed by atoms with Crippen molar-refractivity contribution in [3.63, 3.8) is 0 Å². The standard InChI is InChI=1S/C9H18N4O4S/c1-3-13-4-7(8(10)11-13)18(16,17)12-9(2,5-14)6-15/h4,12,14-15H,3,5-6H2,1-2H3,(H2,10,11). The van der Waals surface area contributed by atoms with Crippen LogP contribution in [0.25, 0.3) is 0 Å². The van der Waals surface area contributed by atoms with Gasteiger partial charge in [0.15, 0.2) is 5.82 Å². The van der Waals surface area contributed by atoms with Gasteiger partial charge in [-0.1, -0.05) is 0 Å². The van der Waals surface area contributed by atoms with E-state index in [1.807, 2.05) is 0 Å². The maximum atomic E-state index is 12.0. The summed E-state index contributed by atoms with van der Waals surface area (Å²) >= 11 is 0. The van der Waals surface area contributed by atoms with E-state index >= 15 is 0 Å². The van der Waals surface area contributed by atoms with Crippen LogP contribution in [0.2, 0.25) is 0 Å². The average Bonchev–Trinajstić information content (AvgIpc) is 2.70. The summed E-state index contributed by atoms with van der Waals surface area (Å²) in [5.41, 5.74) is 4.18. The molecule has 0 unspecified atom stereocenters. The van der Waals surface area contributed by atoms with Gasteiger partial charge in [0.25, 0.3) is 0 Å². The van der Waals surface area contributed by atoms with Crippen molar-refractivity contribution in [3.8, 4) is 0 Å². The fourth-order valence-electron chi connectivity index (χ4n) is 1.28. The number of aliphatic hydroxyl groups excluding tert-OH is 2. The summed E-state index contributed by atoms with van der Waals surface area (Å²) in [7, 11) is -3.94. The quantitative estimate of drug-likeness (QED) is 0.501. The summed E-state index contributed by atoms with van der Waals surface area (Å²) in [4.78, 5) is -0.169. The van der Waals surface area contributed by atoms with Gasteiger partial charge >= 0.3 is 0 Å². The Labute approximate surface area is 105 Å². The third-order valence-corrected chi connectivity index (χ3v) is 4.10. The minimum absolute atomic E-state index is 0.123. The normalized spacial score (nSPS) is 12.9. The van der Waals surface area contributed by atoms with E-state index < -0.39 is 28.8 Å². The van der Waals surface area contributed by atoms with Crippen LogP contribution in [0.4, 0.5) is 5.82 Å². The van der Waals surface area contributed by atoms with E-state index in [2.05, 4.69) is 9.82 Å². The third kappa shape index (κ3) is 2.99. The molecule has 0 saturated heterocycles. The molecule has 0 atom stereocenters. The number of aliphatic hydroxyl groups is 2. The molecule has 0 radical (unpaired) electrons. The number of nitrogens with two attached hydrogens (primary N) is 1. The Morgan fingerprint density at radius 1 is 1.50 bits per heavy atom. The predicted molar refractivity (Wildman–Crippen MR) is 65.2 cm³/mol. The number of nitrogens with one attached hydrogen (secondary N) is 1. The summed E-state index contributed by atoms with van der Waals surface area (Å²) in [6.45, 7) is 2.58. The van der Waals surface area contributed by atoms with Crippen LogP contribution in [-0.2, 0) is 16.6 Å². The molecule has 0 bridgehead atoms. The second kappa shape index (κ2) is 5.22. The highest BCUT2D eigenvalue weighted by Crippen LogP contribution is 2.18. The molecule has 0 spiro atoms. The molecule has 104 valence electrons. The number of nitrogen functional groups attached to an aromatic ring is 1. The lowest BCUT2D eigenvalue weighted by atomic mass is 10.1. The SMILES string of the molecule is CCn1cc(S(=O)(=O)NC(C)(CO)CO)c(N)n1. The van der Waals surface area contributed by atoms with Crippen molar-refractivity contribution in [2.45, 2.75) is 30.8 Å². The van der Waals surface area contributed by atoms with Crippen LogP contribution in [0.1, 0.15) is 13.8 Å². The van der Waals surface area contributed by atoms with Crippen LogP contribution >= 0.6 is 0 Å². The van der Waals surface area contributed by atoms with E-state index in [9.17, 15) is 8.42 Å². The van der Waals surface area contributed by atoms with Gasteiger partial charge in [-0.3, -0.25) is 4.68 Å². The van der Waals surface area contributed by atoms with Crippen molar-refractivity contribution in [1.82, 2.24) is 14.5 Å². The number of aromatic nitrogens is 2. The molecular formula is C9H18N4O4S. The highest BCUT2D eigenvalue weighted by atomic mass is 32.2. The van der Waals surface area contributed by atoms with Gasteiger partial charge in [-0.2, -0.15) is 5.10 Å². The molecule has 18 heavy (non-hydrogen) atoms. The average molecular weight is 278 g/mol. The number of rotatable bonds is 6. The number of sulfonamides is 1.